The number of carbonyl (C=O) groups is 1. The van der Waals surface area contributed by atoms with Gasteiger partial charge in [-0.3, -0.25) is 10.1 Å². The fourth-order valence-electron chi connectivity index (χ4n) is 1.83. The minimum atomic E-state index is -4.49. The zero-order valence-electron chi connectivity index (χ0n) is 10.6. The highest BCUT2D eigenvalue weighted by molar-refractivity contribution is 7.22. The van der Waals surface area contributed by atoms with Gasteiger partial charge in [0.05, 0.1) is 25.0 Å². The molecule has 0 unspecified atom stereocenters. The highest BCUT2D eigenvalue weighted by atomic mass is 35.5. The van der Waals surface area contributed by atoms with Gasteiger partial charge in [-0.25, -0.2) is 4.98 Å². The third-order valence-corrected chi connectivity index (χ3v) is 4.91. The number of fused-ring (bicyclic) bond motifs is 1. The van der Waals surface area contributed by atoms with E-state index < -0.39 is 17.6 Å². The smallest absolute Gasteiger partial charge is 0.297 e. The van der Waals surface area contributed by atoms with Crippen molar-refractivity contribution in [3.63, 3.8) is 0 Å². The van der Waals surface area contributed by atoms with Crippen molar-refractivity contribution < 1.29 is 18.0 Å². The Morgan fingerprint density at radius 3 is 2.59 bits per heavy atom. The van der Waals surface area contributed by atoms with Gasteiger partial charge in [0.15, 0.2) is 5.13 Å². The van der Waals surface area contributed by atoms with E-state index in [4.69, 9.17) is 11.6 Å². The van der Waals surface area contributed by atoms with E-state index in [2.05, 4.69) is 10.3 Å². The molecular formula is C13H6ClF3N2OS2. The molecule has 3 nitrogen and oxygen atoms in total. The van der Waals surface area contributed by atoms with Crippen LogP contribution in [-0.4, -0.2) is 10.9 Å². The summed E-state index contributed by atoms with van der Waals surface area (Å²) in [6.45, 7) is 0. The van der Waals surface area contributed by atoms with E-state index in [-0.39, 0.29) is 10.6 Å². The van der Waals surface area contributed by atoms with Gasteiger partial charge in [0.2, 0.25) is 0 Å². The highest BCUT2D eigenvalue weighted by Gasteiger charge is 2.33. The van der Waals surface area contributed by atoms with Crippen molar-refractivity contribution in [1.29, 1.82) is 0 Å². The number of carbonyl (C=O) groups excluding carboxylic acids is 1. The van der Waals surface area contributed by atoms with Crippen LogP contribution in [0.4, 0.5) is 18.3 Å². The zero-order valence-corrected chi connectivity index (χ0v) is 13.0. The summed E-state index contributed by atoms with van der Waals surface area (Å²) >= 11 is 7.81. The van der Waals surface area contributed by atoms with Crippen molar-refractivity contribution in [2.45, 2.75) is 6.18 Å². The van der Waals surface area contributed by atoms with Gasteiger partial charge < -0.3 is 0 Å². The first-order valence-corrected chi connectivity index (χ1v) is 7.89. The summed E-state index contributed by atoms with van der Waals surface area (Å²) < 4.78 is 39.6. The topological polar surface area (TPSA) is 42.0 Å². The van der Waals surface area contributed by atoms with E-state index in [0.29, 0.717) is 13.9 Å². The van der Waals surface area contributed by atoms with Crippen molar-refractivity contribution in [2.75, 3.05) is 5.32 Å². The second-order valence-electron chi connectivity index (χ2n) is 4.23. The fraction of sp³-hybridized carbons (Fsp3) is 0.0769. The van der Waals surface area contributed by atoms with Crippen molar-refractivity contribution in [2.24, 2.45) is 0 Å². The molecule has 2 heterocycles. The predicted octanol–water partition coefficient (Wildman–Crippen LogP) is 5.28. The number of nitrogens with zero attached hydrogens (tertiary/aromatic N) is 1. The maximum absolute atomic E-state index is 12.9. The molecule has 9 heteroatoms. The molecule has 0 bridgehead atoms. The molecule has 22 heavy (non-hydrogen) atoms. The van der Waals surface area contributed by atoms with E-state index in [1.54, 1.807) is 6.07 Å². The van der Waals surface area contributed by atoms with Crippen LogP contribution in [0.3, 0.4) is 0 Å². The molecule has 0 fully saturated rings. The van der Waals surface area contributed by atoms with Crippen molar-refractivity contribution in [3.8, 4) is 0 Å². The number of nitrogens with one attached hydrogen (secondary N) is 1. The van der Waals surface area contributed by atoms with Crippen LogP contribution in [0, 0.1) is 0 Å². The van der Waals surface area contributed by atoms with Crippen LogP contribution in [0.15, 0.2) is 30.3 Å². The first-order chi connectivity index (χ1) is 10.3. The molecular weight excluding hydrogens is 357 g/mol. The molecule has 0 saturated carbocycles. The fourth-order valence-corrected chi connectivity index (χ4v) is 3.65. The first-order valence-electron chi connectivity index (χ1n) is 5.88. The molecule has 1 N–H and O–H groups in total. The van der Waals surface area contributed by atoms with Gasteiger partial charge in [-0.1, -0.05) is 29.0 Å². The Kier molecular flexibility index (Phi) is 3.84. The van der Waals surface area contributed by atoms with Crippen LogP contribution in [-0.2, 0) is 6.18 Å². The number of anilines is 1. The molecule has 0 aliphatic rings. The number of amides is 1. The SMILES string of the molecule is O=C(Nc1nc2c(C(F)(F)F)cccc2s1)c1ccc(Cl)s1. The van der Waals surface area contributed by atoms with Gasteiger partial charge in [-0.15, -0.1) is 11.3 Å². The van der Waals surface area contributed by atoms with Gasteiger partial charge in [0.1, 0.15) is 0 Å². The predicted molar refractivity (Wildman–Crippen MR) is 81.9 cm³/mol. The third kappa shape index (κ3) is 2.94. The van der Waals surface area contributed by atoms with Crippen molar-refractivity contribution in [3.05, 3.63) is 45.1 Å². The van der Waals surface area contributed by atoms with Gasteiger partial charge in [-0.2, -0.15) is 13.2 Å². The van der Waals surface area contributed by atoms with Crippen LogP contribution < -0.4 is 5.32 Å². The van der Waals surface area contributed by atoms with E-state index in [9.17, 15) is 18.0 Å². The summed E-state index contributed by atoms with van der Waals surface area (Å²) in [6, 6.07) is 6.92. The molecule has 3 rings (SSSR count). The molecule has 2 aromatic heterocycles. The minimum absolute atomic E-state index is 0.112. The van der Waals surface area contributed by atoms with Crippen LogP contribution in [0.5, 0.6) is 0 Å². The van der Waals surface area contributed by atoms with Crippen LogP contribution in [0.25, 0.3) is 10.2 Å². The van der Waals surface area contributed by atoms with Gasteiger partial charge >= 0.3 is 6.18 Å². The lowest BCUT2D eigenvalue weighted by Gasteiger charge is -2.06. The second kappa shape index (κ2) is 5.53. The van der Waals surface area contributed by atoms with E-state index >= 15 is 0 Å². The zero-order chi connectivity index (χ0) is 15.9. The number of benzene rings is 1. The van der Waals surface area contributed by atoms with E-state index in [1.807, 2.05) is 0 Å². The summed E-state index contributed by atoms with van der Waals surface area (Å²) in [6.07, 6.45) is -4.49. The van der Waals surface area contributed by atoms with E-state index in [0.717, 1.165) is 28.7 Å². The van der Waals surface area contributed by atoms with Gasteiger partial charge in [-0.05, 0) is 24.3 Å². The Morgan fingerprint density at radius 2 is 1.95 bits per heavy atom. The Labute approximate surface area is 135 Å². The summed E-state index contributed by atoms with van der Waals surface area (Å²) in [5, 5.41) is 2.60. The normalized spacial score (nSPS) is 11.8. The Hall–Kier alpha value is -1.64. The van der Waals surface area contributed by atoms with Crippen molar-refractivity contribution >= 4 is 55.5 Å². The molecule has 0 spiro atoms. The summed E-state index contributed by atoms with van der Waals surface area (Å²) in [5.41, 5.74) is -0.986. The maximum Gasteiger partial charge on any atom is 0.418 e. The average molecular weight is 363 g/mol. The molecule has 0 saturated heterocycles. The Balaban J connectivity index is 1.94. The number of rotatable bonds is 2. The lowest BCUT2D eigenvalue weighted by Crippen LogP contribution is -2.10. The second-order valence-corrected chi connectivity index (χ2v) is 6.97. The monoisotopic (exact) mass is 362 g/mol. The number of aromatic nitrogens is 1. The summed E-state index contributed by atoms with van der Waals surface area (Å²) in [7, 11) is 0. The highest BCUT2D eigenvalue weighted by Crippen LogP contribution is 2.37. The van der Waals surface area contributed by atoms with Crippen molar-refractivity contribution in [1.82, 2.24) is 4.98 Å². The third-order valence-electron chi connectivity index (χ3n) is 2.74. The van der Waals surface area contributed by atoms with Gasteiger partial charge in [0, 0.05) is 0 Å². The largest absolute Gasteiger partial charge is 0.418 e. The Morgan fingerprint density at radius 1 is 1.18 bits per heavy atom. The number of para-hydroxylation sites is 1. The molecule has 0 radical (unpaired) electrons. The van der Waals surface area contributed by atoms with Gasteiger partial charge in [0.25, 0.3) is 5.91 Å². The number of halogens is 4. The molecule has 1 aromatic carbocycles. The lowest BCUT2D eigenvalue weighted by molar-refractivity contribution is -0.136. The summed E-state index contributed by atoms with van der Waals surface area (Å²) in [5.74, 6) is -0.454. The molecule has 3 aromatic rings. The summed E-state index contributed by atoms with van der Waals surface area (Å²) in [4.78, 5) is 16.2. The molecule has 0 aliphatic carbocycles. The van der Waals surface area contributed by atoms with Crippen LogP contribution in [0.2, 0.25) is 4.34 Å². The maximum atomic E-state index is 12.9. The minimum Gasteiger partial charge on any atom is -0.297 e. The molecule has 0 aliphatic heterocycles. The quantitative estimate of drug-likeness (QED) is 0.673. The molecule has 1 amide bonds. The number of thiazole rings is 1. The lowest BCUT2D eigenvalue weighted by atomic mass is 10.2. The number of hydrogen-bond acceptors (Lipinski definition) is 4. The van der Waals surface area contributed by atoms with E-state index in [1.165, 1.54) is 18.2 Å². The number of hydrogen-bond donors (Lipinski definition) is 1. The van der Waals surface area contributed by atoms with Crippen LogP contribution >= 0.6 is 34.3 Å². The molecule has 0 atom stereocenters. The Bertz CT molecular complexity index is 856. The van der Waals surface area contributed by atoms with Crippen LogP contribution in [0.1, 0.15) is 15.2 Å². The number of thiophene rings is 1. The standard InChI is InChI=1S/C13H6ClF3N2OS2/c14-9-5-4-8(21-9)11(20)19-12-18-10-6(13(15,16)17)2-1-3-7(10)22-12/h1-5H,(H,18,19,20). The molecule has 114 valence electrons. The number of alkyl halides is 3. The average Bonchev–Trinajstić information content (AvgIpc) is 3.02. The first kappa shape index (κ1) is 15.3.